The van der Waals surface area contributed by atoms with Crippen LogP contribution in [0.2, 0.25) is 0 Å². The second-order valence-electron chi connectivity index (χ2n) is 38.3. The first-order chi connectivity index (χ1) is 70.6. The van der Waals surface area contributed by atoms with E-state index >= 15 is 0 Å². The SMILES string of the molecule is Cc1nc2c(N=Nc3c(S(=O)(=O)c4ccccc4)cnn3-c3ccccn3)c(C(C)(C)C)[nH]n2n1.[C-]#[N+]c1c(C(C)(C)C)nn(-c2ccccn2)c1N=Nc1c(O)n(C)c(=O)n(C)c1=O.[C-]#[N+]c1c(C(C)(C)C)nn(-c2ccccn2)c1N=Nc1c(O)n(C)c(=S)n(C)c1=O.[C-]#[N+]c1cnn(C2=NCCN2)c1N=Nc1c(C(C)(C)C)[nH]n2nc(C)nc12.[C-]#[N+]c1cnn(C2=NCCO2)c1N=Nc1c(C(C)(C)C)[nH]n2nc(C)nc12. The Hall–Kier alpha value is -19.0. The molecule has 0 fully saturated rings. The molecule has 0 aliphatic carbocycles. The first-order valence-electron chi connectivity index (χ1n) is 45.5. The Morgan fingerprint density at radius 1 is 0.423 bits per heavy atom. The summed E-state index contributed by atoms with van der Waals surface area (Å²) in [5.41, 5.74) is 3.10. The van der Waals surface area contributed by atoms with Gasteiger partial charge in [0.05, 0.1) is 91.3 Å². The molecule has 0 radical (unpaired) electrons. The molecule has 0 saturated heterocycles. The van der Waals surface area contributed by atoms with Crippen molar-refractivity contribution >= 4 is 131 Å². The summed E-state index contributed by atoms with van der Waals surface area (Å²) >= 11 is 5.11. The molecule has 0 saturated carbocycles. The number of ether oxygens (including phenoxy) is 1. The van der Waals surface area contributed by atoms with Gasteiger partial charge >= 0.3 is 11.7 Å². The maximum Gasteiger partial charge on any atom is 0.333 e. The smallest absolute Gasteiger partial charge is 0.333 e. The number of nitrogens with one attached hydrogen (secondary N) is 4. The molecule has 19 rings (SSSR count). The fraction of sp³-hybridized carbons (Fsp3) is 0.333. The van der Waals surface area contributed by atoms with Crippen LogP contribution in [0.25, 0.3) is 53.8 Å². The number of hydrogen-bond acceptors (Lipinski definition) is 36. The molecular weight excluding hydrogens is 1950 g/mol. The van der Waals surface area contributed by atoms with Gasteiger partial charge in [0.15, 0.2) is 68.4 Å². The molecule has 17 aromatic rings. The minimum Gasteiger partial charge on any atom is -0.493 e. The summed E-state index contributed by atoms with van der Waals surface area (Å²) in [5, 5.41) is 111. The largest absolute Gasteiger partial charge is 0.493 e. The van der Waals surface area contributed by atoms with E-state index in [1.165, 1.54) is 91.5 Å². The number of aryl methyl sites for hydroxylation is 3. The minimum absolute atomic E-state index is 0.0306. The molecule has 0 amide bonds. The lowest BCUT2D eigenvalue weighted by molar-refractivity contribution is 0.330. The molecule has 16 aromatic heterocycles. The van der Waals surface area contributed by atoms with Crippen LogP contribution in [-0.2, 0) is 69.8 Å². The van der Waals surface area contributed by atoms with Gasteiger partial charge in [-0.2, -0.15) is 53.4 Å². The van der Waals surface area contributed by atoms with E-state index in [2.05, 4.69) is 213 Å². The van der Waals surface area contributed by atoms with Gasteiger partial charge in [-0.05, 0) is 92.4 Å². The maximum atomic E-state index is 13.5. The van der Waals surface area contributed by atoms with Crippen molar-refractivity contribution in [1.82, 2.24) is 147 Å². The number of fused-ring (bicyclic) bond motifs is 3. The average molecular weight is 2050 g/mol. The Labute approximate surface area is 852 Å². The lowest BCUT2D eigenvalue weighted by atomic mass is 9.91. The molecule has 0 spiro atoms. The Morgan fingerprint density at radius 2 is 0.812 bits per heavy atom. The van der Waals surface area contributed by atoms with E-state index < -0.39 is 54.9 Å². The van der Waals surface area contributed by atoms with Crippen LogP contribution in [0.4, 0.5) is 80.3 Å². The van der Waals surface area contributed by atoms with Gasteiger partial charge in [-0.3, -0.25) is 43.2 Å². The second-order valence-corrected chi connectivity index (χ2v) is 40.6. The third-order valence-corrected chi connectivity index (χ3v) is 24.4. The van der Waals surface area contributed by atoms with Gasteiger partial charge < -0.3 is 20.3 Å². The zero-order valence-electron chi connectivity index (χ0n) is 84.8. The fourth-order valence-electron chi connectivity index (χ4n) is 14.6. The number of rotatable bonds is 15. The van der Waals surface area contributed by atoms with E-state index in [1.54, 1.807) is 119 Å². The number of azo groups is 5. The number of aromatic hydroxyl groups is 2. The number of aromatic nitrogens is 29. The van der Waals surface area contributed by atoms with E-state index in [9.17, 15) is 33.0 Å². The summed E-state index contributed by atoms with van der Waals surface area (Å²) in [6.45, 7) is 67.8. The highest BCUT2D eigenvalue weighted by molar-refractivity contribution is 7.91. The number of benzene rings is 1. The molecule has 149 heavy (non-hydrogen) atoms. The first-order valence-corrected chi connectivity index (χ1v) is 47.4. The Kier molecular flexibility index (Phi) is 29.0. The zero-order chi connectivity index (χ0) is 108. The predicted octanol–water partition coefficient (Wildman–Crippen LogP) is 16.8. The quantitative estimate of drug-likeness (QED) is 0.0315. The van der Waals surface area contributed by atoms with Gasteiger partial charge in [-0.15, -0.1) is 66.4 Å². The van der Waals surface area contributed by atoms with E-state index in [0.29, 0.717) is 124 Å². The molecule has 0 unspecified atom stereocenters. The highest BCUT2D eigenvalue weighted by Gasteiger charge is 2.36. The van der Waals surface area contributed by atoms with Gasteiger partial charge in [-0.25, -0.2) is 81.8 Å². The maximum absolute atomic E-state index is 13.5. The summed E-state index contributed by atoms with van der Waals surface area (Å²) in [6.07, 6.45) is 8.91. The predicted molar refractivity (Wildman–Crippen MR) is 547 cm³/mol. The molecule has 18 heterocycles. The van der Waals surface area contributed by atoms with Crippen LogP contribution in [0.1, 0.15) is 150 Å². The number of pyridine rings is 3. The monoisotopic (exact) mass is 2050 g/mol. The van der Waals surface area contributed by atoms with Gasteiger partial charge in [0.1, 0.15) is 29.0 Å². The molecule has 0 bridgehead atoms. The fourth-order valence-corrected chi connectivity index (χ4v) is 16.1. The van der Waals surface area contributed by atoms with Crippen molar-refractivity contribution in [2.45, 2.75) is 161 Å². The normalized spacial score (nSPS) is 13.0. The Morgan fingerprint density at radius 3 is 1.20 bits per heavy atom. The average Bonchev–Trinajstić information content (AvgIpc) is 1.61. The van der Waals surface area contributed by atoms with Gasteiger partial charge in [-0.1, -0.05) is 140 Å². The zero-order valence-corrected chi connectivity index (χ0v) is 86.5. The third-order valence-electron chi connectivity index (χ3n) is 22.1. The van der Waals surface area contributed by atoms with Crippen LogP contribution < -0.4 is 22.1 Å². The van der Waals surface area contributed by atoms with Crippen molar-refractivity contribution in [3.05, 3.63) is 250 Å². The van der Waals surface area contributed by atoms with Crippen molar-refractivity contribution in [3.63, 3.8) is 0 Å². The molecule has 56 heteroatoms. The Bertz CT molecular complexity index is 8450. The molecule has 6 N–H and O–H groups in total. The minimum atomic E-state index is -3.93. The number of nitrogens with zero attached hydrogens (tertiary/aromatic N) is 42. The standard InChI is InChI=1S/C23H23N9O2S.C19H20N8O3.C19H20N8O2S.C16H19N11.C16H18N10O/c1-15-26-22-19(20(23(2,3)4)30-32(22)29-15)27-28-21-17(35(33,34)16-10-6-5-7-11-16)14-25-31(21)18-12-8-9-13-24-18;2*1-19(2,3)14-12(20-4)15(27(24-14)11-9-7-8-10-21-11)23-22-13-16(28)25(5)18(30)26(6)17(13)29;1-9-21-14-11(12(16(2,3)4)25-27(14)24-9)22-23-13-10(17-5)8-20-26(13)15-18-6-7-19-15;1-9-20-14-11(12(16(2,3)4)24-26(14)23-9)21-22-13-10(17-5)8-19-25(13)15-18-6-7-27-15/h5-14,30H,1-4H3;2*7-10,28H,1-3,5-6H3;8,25H,6-7H2,1-4H3,(H,18,19);8,24H,6-7H2,1-4H3. The third kappa shape index (κ3) is 21.2. The van der Waals surface area contributed by atoms with Crippen LogP contribution in [0.5, 0.6) is 11.8 Å². The van der Waals surface area contributed by atoms with Crippen molar-refractivity contribution < 1.29 is 23.4 Å². The van der Waals surface area contributed by atoms with Crippen LogP contribution >= 0.6 is 12.2 Å². The van der Waals surface area contributed by atoms with E-state index in [4.69, 9.17) is 43.2 Å². The molecule has 2 aliphatic heterocycles. The van der Waals surface area contributed by atoms with Gasteiger partial charge in [0.2, 0.25) is 55.9 Å². The Balaban J connectivity index is 0.000000140. The van der Waals surface area contributed by atoms with Gasteiger partial charge in [0, 0.05) is 69.6 Å². The summed E-state index contributed by atoms with van der Waals surface area (Å²) in [6, 6.07) is 24.1. The second kappa shape index (κ2) is 41.4. The van der Waals surface area contributed by atoms with Crippen LogP contribution in [0.3, 0.4) is 0 Å². The molecular formula is C93H100N46O8S2. The lowest BCUT2D eigenvalue weighted by Gasteiger charge is -2.16. The van der Waals surface area contributed by atoms with E-state index in [1.807, 2.05) is 69.2 Å². The lowest BCUT2D eigenvalue weighted by Crippen LogP contribution is -2.36. The number of aromatic amines is 3. The summed E-state index contributed by atoms with van der Waals surface area (Å²) in [4.78, 5) is 85.7. The van der Waals surface area contributed by atoms with E-state index in [0.717, 1.165) is 32.8 Å². The highest BCUT2D eigenvalue weighted by atomic mass is 32.2. The molecule has 762 valence electrons. The number of sulfone groups is 1. The van der Waals surface area contributed by atoms with Crippen LogP contribution in [0.15, 0.2) is 207 Å². The van der Waals surface area contributed by atoms with Crippen molar-refractivity contribution in [2.75, 3.05) is 26.2 Å². The van der Waals surface area contributed by atoms with Gasteiger partial charge in [0.25, 0.3) is 33.9 Å². The summed E-state index contributed by atoms with van der Waals surface area (Å²) < 4.78 is 48.4. The molecule has 54 nitrogen and oxygen atoms in total. The van der Waals surface area contributed by atoms with Crippen molar-refractivity contribution in [3.8, 4) is 29.2 Å². The van der Waals surface area contributed by atoms with E-state index in [-0.39, 0.29) is 76.8 Å². The summed E-state index contributed by atoms with van der Waals surface area (Å²) in [7, 11) is 1.63. The number of H-pyrrole nitrogens is 3. The van der Waals surface area contributed by atoms with Crippen molar-refractivity contribution in [2.24, 2.45) is 89.3 Å². The highest BCUT2D eigenvalue weighted by Crippen LogP contribution is 2.46. The first kappa shape index (κ1) is 104. The van der Waals surface area contributed by atoms with Crippen LogP contribution in [-0.4, -0.2) is 198 Å². The van der Waals surface area contributed by atoms with Crippen LogP contribution in [0, 0.1) is 51.8 Å². The van der Waals surface area contributed by atoms with Crippen molar-refractivity contribution in [1.29, 1.82) is 0 Å². The molecule has 0 atom stereocenters. The summed E-state index contributed by atoms with van der Waals surface area (Å²) in [5.74, 6) is 3.39. The molecule has 1 aromatic carbocycles. The number of aliphatic imine (C=N–C) groups is 2. The number of hydrogen-bond donors (Lipinski definition) is 6. The topological polar surface area (TPSA) is 598 Å². The molecule has 2 aliphatic rings.